The molecule has 1 unspecified atom stereocenters. The molecule has 0 aliphatic carbocycles. The zero-order chi connectivity index (χ0) is 18.0. The topological polar surface area (TPSA) is 27.0 Å². The van der Waals surface area contributed by atoms with E-state index in [2.05, 4.69) is 6.07 Å². The molecule has 0 aliphatic rings. The van der Waals surface area contributed by atoms with E-state index in [-0.39, 0.29) is 0 Å². The fourth-order valence-electron chi connectivity index (χ4n) is 2.79. The van der Waals surface area contributed by atoms with Gasteiger partial charge in [-0.25, -0.2) is 0 Å². The maximum atomic E-state index is 13.0. The van der Waals surface area contributed by atoms with Gasteiger partial charge in [0, 0.05) is 19.8 Å². The number of rotatable bonds is 4. The van der Waals surface area contributed by atoms with Gasteiger partial charge in [-0.3, -0.25) is 0 Å². The Kier molecular flexibility index (Phi) is 4.88. The normalized spacial score (nSPS) is 13.9. The summed E-state index contributed by atoms with van der Waals surface area (Å²) in [6.45, 7) is 1.81. The molecule has 2 rings (SSSR count). The van der Waals surface area contributed by atoms with Crippen molar-refractivity contribution in [1.29, 1.82) is 5.26 Å². The lowest BCUT2D eigenvalue weighted by molar-refractivity contribution is -0.137. The molecule has 0 aliphatic heterocycles. The summed E-state index contributed by atoms with van der Waals surface area (Å²) in [4.78, 5) is 1.92. The fourth-order valence-corrected chi connectivity index (χ4v) is 2.79. The molecule has 1 atom stereocenters. The molecule has 5 heteroatoms. The van der Waals surface area contributed by atoms with Gasteiger partial charge in [0.2, 0.25) is 0 Å². The van der Waals surface area contributed by atoms with Crippen molar-refractivity contribution in [3.8, 4) is 6.07 Å². The third kappa shape index (κ3) is 3.23. The lowest BCUT2D eigenvalue weighted by Gasteiger charge is -2.27. The number of hydrogen-bond donors (Lipinski definition) is 0. The molecule has 0 aromatic heterocycles. The smallest absolute Gasteiger partial charge is 0.378 e. The second-order valence-electron chi connectivity index (χ2n) is 5.89. The molecule has 2 aromatic carbocycles. The van der Waals surface area contributed by atoms with Crippen molar-refractivity contribution in [2.24, 2.45) is 0 Å². The zero-order valence-electron chi connectivity index (χ0n) is 13.9. The Hall–Kier alpha value is -2.48. The first kappa shape index (κ1) is 17.9. The summed E-state index contributed by atoms with van der Waals surface area (Å²) in [6.07, 6.45) is -4.05. The fraction of sp³-hybridized carbons (Fsp3) is 0.316. The van der Waals surface area contributed by atoms with E-state index in [0.717, 1.165) is 17.8 Å². The maximum Gasteiger partial charge on any atom is 0.416 e. The Morgan fingerprint density at radius 1 is 0.958 bits per heavy atom. The number of anilines is 1. The first-order valence-corrected chi connectivity index (χ1v) is 7.61. The van der Waals surface area contributed by atoms with Gasteiger partial charge in [0.15, 0.2) is 0 Å². The average Bonchev–Trinajstić information content (AvgIpc) is 2.56. The minimum Gasteiger partial charge on any atom is -0.378 e. The second kappa shape index (κ2) is 6.56. The van der Waals surface area contributed by atoms with Crippen LogP contribution in [0.2, 0.25) is 0 Å². The monoisotopic (exact) mass is 332 g/mol. The van der Waals surface area contributed by atoms with Crippen LogP contribution < -0.4 is 4.90 Å². The van der Waals surface area contributed by atoms with Crippen LogP contribution in [-0.4, -0.2) is 14.1 Å². The van der Waals surface area contributed by atoms with Gasteiger partial charge in [0.25, 0.3) is 0 Å². The van der Waals surface area contributed by atoms with Crippen molar-refractivity contribution < 1.29 is 13.2 Å². The van der Waals surface area contributed by atoms with E-state index in [1.807, 2.05) is 50.2 Å². The molecule has 24 heavy (non-hydrogen) atoms. The summed E-state index contributed by atoms with van der Waals surface area (Å²) < 4.78 is 39.1. The predicted octanol–water partition coefficient (Wildman–Crippen LogP) is 4.99. The van der Waals surface area contributed by atoms with Crippen LogP contribution in [0.1, 0.15) is 30.0 Å². The van der Waals surface area contributed by atoms with Crippen molar-refractivity contribution in [2.45, 2.75) is 24.9 Å². The van der Waals surface area contributed by atoms with Crippen molar-refractivity contribution >= 4 is 5.69 Å². The van der Waals surface area contributed by atoms with Crippen LogP contribution in [0.15, 0.2) is 48.5 Å². The van der Waals surface area contributed by atoms with Crippen molar-refractivity contribution in [2.75, 3.05) is 19.0 Å². The van der Waals surface area contributed by atoms with Crippen LogP contribution in [0.4, 0.5) is 18.9 Å². The van der Waals surface area contributed by atoms with Gasteiger partial charge >= 0.3 is 6.18 Å². The summed E-state index contributed by atoms with van der Waals surface area (Å²) in [7, 11) is 3.80. The molecule has 2 aromatic rings. The summed E-state index contributed by atoms with van der Waals surface area (Å²) in [5, 5.41) is 9.81. The highest BCUT2D eigenvalue weighted by atomic mass is 19.4. The Morgan fingerprint density at radius 2 is 1.54 bits per heavy atom. The number of alkyl halides is 3. The molecule has 0 saturated heterocycles. The van der Waals surface area contributed by atoms with E-state index >= 15 is 0 Å². The lowest BCUT2D eigenvalue weighted by atomic mass is 9.73. The standard InChI is InChI=1S/C19H19F3N2/c1-4-18(13-23,14-8-10-17(11-9-14)24(2)3)15-6-5-7-16(12-15)19(20,21)22/h5-12H,4H2,1-3H3. The van der Waals surface area contributed by atoms with Crippen LogP contribution in [-0.2, 0) is 11.6 Å². The van der Waals surface area contributed by atoms with Crippen LogP contribution in [0.5, 0.6) is 0 Å². The zero-order valence-corrected chi connectivity index (χ0v) is 13.9. The van der Waals surface area contributed by atoms with E-state index in [1.54, 1.807) is 6.07 Å². The maximum absolute atomic E-state index is 13.0. The highest BCUT2D eigenvalue weighted by Gasteiger charge is 2.36. The summed E-state index contributed by atoms with van der Waals surface area (Å²) in [5.74, 6) is 0. The first-order chi connectivity index (χ1) is 11.2. The highest BCUT2D eigenvalue weighted by molar-refractivity contribution is 5.52. The summed E-state index contributed by atoms with van der Waals surface area (Å²) >= 11 is 0. The van der Waals surface area contributed by atoms with Gasteiger partial charge in [-0.2, -0.15) is 18.4 Å². The lowest BCUT2D eigenvalue weighted by Crippen LogP contribution is -2.25. The number of nitriles is 1. The van der Waals surface area contributed by atoms with Gasteiger partial charge in [-0.05, 0) is 41.8 Å². The van der Waals surface area contributed by atoms with E-state index in [9.17, 15) is 18.4 Å². The first-order valence-electron chi connectivity index (χ1n) is 7.61. The molecule has 0 bridgehead atoms. The Morgan fingerprint density at radius 3 is 2.00 bits per heavy atom. The minimum atomic E-state index is -4.43. The highest BCUT2D eigenvalue weighted by Crippen LogP contribution is 2.38. The number of halogens is 3. The van der Waals surface area contributed by atoms with E-state index in [1.165, 1.54) is 6.07 Å². The molecule has 0 fully saturated rings. The molecule has 0 amide bonds. The Balaban J connectivity index is 2.58. The van der Waals surface area contributed by atoms with Crippen LogP contribution in [0.3, 0.4) is 0 Å². The number of hydrogen-bond acceptors (Lipinski definition) is 2. The molecular weight excluding hydrogens is 313 g/mol. The molecule has 0 N–H and O–H groups in total. The van der Waals surface area contributed by atoms with Gasteiger partial charge in [0.05, 0.1) is 11.6 Å². The Bertz CT molecular complexity index is 742. The van der Waals surface area contributed by atoms with Crippen LogP contribution in [0.25, 0.3) is 0 Å². The van der Waals surface area contributed by atoms with Gasteiger partial charge < -0.3 is 4.90 Å². The second-order valence-corrected chi connectivity index (χ2v) is 5.89. The van der Waals surface area contributed by atoms with Gasteiger partial charge in [0.1, 0.15) is 5.41 Å². The molecule has 2 nitrogen and oxygen atoms in total. The summed E-state index contributed by atoms with van der Waals surface area (Å²) in [6, 6.07) is 14.6. The van der Waals surface area contributed by atoms with Crippen LogP contribution >= 0.6 is 0 Å². The molecule has 0 heterocycles. The van der Waals surface area contributed by atoms with Gasteiger partial charge in [-0.1, -0.05) is 31.2 Å². The third-order valence-corrected chi connectivity index (χ3v) is 4.28. The van der Waals surface area contributed by atoms with Crippen molar-refractivity contribution in [1.82, 2.24) is 0 Å². The van der Waals surface area contributed by atoms with E-state index < -0.39 is 17.2 Å². The molecule has 126 valence electrons. The largest absolute Gasteiger partial charge is 0.416 e. The molecular formula is C19H19F3N2. The van der Waals surface area contributed by atoms with Gasteiger partial charge in [-0.15, -0.1) is 0 Å². The summed E-state index contributed by atoms with van der Waals surface area (Å²) in [5.41, 5.74) is 0.174. The van der Waals surface area contributed by atoms with E-state index in [4.69, 9.17) is 0 Å². The van der Waals surface area contributed by atoms with Crippen molar-refractivity contribution in [3.63, 3.8) is 0 Å². The quantitative estimate of drug-likeness (QED) is 0.788. The minimum absolute atomic E-state index is 0.361. The number of nitrogens with zero attached hydrogens (tertiary/aromatic N) is 2. The van der Waals surface area contributed by atoms with E-state index in [0.29, 0.717) is 17.5 Å². The SMILES string of the molecule is CCC(C#N)(c1ccc(N(C)C)cc1)c1cccc(C(F)(F)F)c1. The Labute approximate surface area is 140 Å². The molecule has 0 spiro atoms. The number of benzene rings is 2. The molecule has 0 saturated carbocycles. The van der Waals surface area contributed by atoms with Crippen LogP contribution in [0, 0.1) is 11.3 Å². The average molecular weight is 332 g/mol. The predicted molar refractivity (Wildman–Crippen MR) is 88.9 cm³/mol. The third-order valence-electron chi connectivity index (χ3n) is 4.28. The van der Waals surface area contributed by atoms with Crippen molar-refractivity contribution in [3.05, 3.63) is 65.2 Å². The molecule has 0 radical (unpaired) electrons.